The predicted molar refractivity (Wildman–Crippen MR) is 68.4 cm³/mol. The third-order valence-corrected chi connectivity index (χ3v) is 2.96. The molecule has 1 aromatic carbocycles. The van der Waals surface area contributed by atoms with Crippen LogP contribution < -0.4 is 10.5 Å². The molecule has 0 saturated heterocycles. The summed E-state index contributed by atoms with van der Waals surface area (Å²) in [4.78, 5) is 11.3. The monoisotopic (exact) mass is 249 g/mol. The number of benzene rings is 1. The summed E-state index contributed by atoms with van der Waals surface area (Å²) in [7, 11) is 0. The number of esters is 1. The maximum Gasteiger partial charge on any atom is 0.344 e. The molecule has 4 nitrogen and oxygen atoms in total. The molecule has 2 N–H and O–H groups in total. The zero-order chi connectivity index (χ0) is 13.1. The van der Waals surface area contributed by atoms with Crippen LogP contribution in [0.5, 0.6) is 5.75 Å². The van der Waals surface area contributed by atoms with E-state index in [-0.39, 0.29) is 24.7 Å². The van der Waals surface area contributed by atoms with E-state index < -0.39 is 0 Å². The number of ether oxygens (including phenoxy) is 2. The summed E-state index contributed by atoms with van der Waals surface area (Å²) in [6.07, 6.45) is 1.84. The molecular formula is C14H19NO3. The van der Waals surface area contributed by atoms with Gasteiger partial charge in [0.1, 0.15) is 5.75 Å². The van der Waals surface area contributed by atoms with Gasteiger partial charge in [0.25, 0.3) is 0 Å². The standard InChI is InChI=1S/C14H19NO3/c1-9(2)18-14(16)8-17-11-4-5-12-10(7-11)3-6-13(12)15/h4-5,7,9,13H,3,6,8,15H2,1-2H3/t13-/m1/s1. The summed E-state index contributed by atoms with van der Waals surface area (Å²) in [5.41, 5.74) is 8.37. The van der Waals surface area contributed by atoms with Gasteiger partial charge < -0.3 is 15.2 Å². The SMILES string of the molecule is CC(C)OC(=O)COc1ccc2c(c1)CC[C@H]2N. The summed E-state index contributed by atoms with van der Waals surface area (Å²) in [6.45, 7) is 3.58. The minimum atomic E-state index is -0.345. The van der Waals surface area contributed by atoms with Crippen LogP contribution in [-0.2, 0) is 16.0 Å². The maximum absolute atomic E-state index is 11.3. The van der Waals surface area contributed by atoms with Gasteiger partial charge in [-0.1, -0.05) is 6.07 Å². The second kappa shape index (κ2) is 5.40. The summed E-state index contributed by atoms with van der Waals surface area (Å²) in [6, 6.07) is 5.94. The highest BCUT2D eigenvalue weighted by atomic mass is 16.6. The topological polar surface area (TPSA) is 61.5 Å². The van der Waals surface area contributed by atoms with Crippen LogP contribution in [0.1, 0.15) is 37.4 Å². The van der Waals surface area contributed by atoms with Crippen molar-refractivity contribution in [2.75, 3.05) is 6.61 Å². The van der Waals surface area contributed by atoms with Crippen LogP contribution >= 0.6 is 0 Å². The lowest BCUT2D eigenvalue weighted by atomic mass is 10.1. The third-order valence-electron chi connectivity index (χ3n) is 2.96. The predicted octanol–water partition coefficient (Wildman–Crippen LogP) is 1.96. The average Bonchev–Trinajstić information content (AvgIpc) is 2.67. The first-order valence-corrected chi connectivity index (χ1v) is 6.27. The van der Waals surface area contributed by atoms with Crippen LogP contribution in [0.3, 0.4) is 0 Å². The van der Waals surface area contributed by atoms with Crippen LogP contribution in [0.4, 0.5) is 0 Å². The van der Waals surface area contributed by atoms with E-state index in [0.717, 1.165) is 12.8 Å². The number of carbonyl (C=O) groups is 1. The van der Waals surface area contributed by atoms with Crippen molar-refractivity contribution in [2.24, 2.45) is 5.73 Å². The Balaban J connectivity index is 1.93. The Morgan fingerprint density at radius 2 is 2.28 bits per heavy atom. The van der Waals surface area contributed by atoms with Crippen molar-refractivity contribution in [3.05, 3.63) is 29.3 Å². The largest absolute Gasteiger partial charge is 0.482 e. The van der Waals surface area contributed by atoms with E-state index in [2.05, 4.69) is 0 Å². The van der Waals surface area contributed by atoms with Crippen molar-refractivity contribution >= 4 is 5.97 Å². The second-order valence-corrected chi connectivity index (χ2v) is 4.83. The van der Waals surface area contributed by atoms with Gasteiger partial charge in [0.05, 0.1) is 6.10 Å². The third kappa shape index (κ3) is 3.01. The van der Waals surface area contributed by atoms with Gasteiger partial charge in [-0.2, -0.15) is 0 Å². The van der Waals surface area contributed by atoms with Crippen molar-refractivity contribution in [1.29, 1.82) is 0 Å². The van der Waals surface area contributed by atoms with Crippen LogP contribution in [0.25, 0.3) is 0 Å². The van der Waals surface area contributed by atoms with E-state index in [4.69, 9.17) is 15.2 Å². The molecule has 1 aliphatic rings. The molecule has 0 radical (unpaired) electrons. The lowest BCUT2D eigenvalue weighted by Gasteiger charge is -2.10. The van der Waals surface area contributed by atoms with Crippen molar-refractivity contribution < 1.29 is 14.3 Å². The Hall–Kier alpha value is -1.55. The fourth-order valence-electron chi connectivity index (χ4n) is 2.16. The Labute approximate surface area is 107 Å². The maximum atomic E-state index is 11.3. The zero-order valence-electron chi connectivity index (χ0n) is 10.8. The fourth-order valence-corrected chi connectivity index (χ4v) is 2.16. The van der Waals surface area contributed by atoms with E-state index >= 15 is 0 Å². The highest BCUT2D eigenvalue weighted by molar-refractivity contribution is 5.71. The summed E-state index contributed by atoms with van der Waals surface area (Å²) in [5.74, 6) is 0.353. The van der Waals surface area contributed by atoms with Crippen molar-refractivity contribution in [2.45, 2.75) is 38.8 Å². The second-order valence-electron chi connectivity index (χ2n) is 4.83. The molecule has 0 spiro atoms. The minimum absolute atomic E-state index is 0.0526. The lowest BCUT2D eigenvalue weighted by molar-refractivity contribution is -0.149. The Kier molecular flexibility index (Phi) is 3.87. The van der Waals surface area contributed by atoms with Gasteiger partial charge >= 0.3 is 5.97 Å². The molecule has 0 aliphatic heterocycles. The Morgan fingerprint density at radius 3 is 3.00 bits per heavy atom. The van der Waals surface area contributed by atoms with Crippen LogP contribution in [-0.4, -0.2) is 18.7 Å². The Morgan fingerprint density at radius 1 is 1.50 bits per heavy atom. The van der Waals surface area contributed by atoms with E-state index in [1.807, 2.05) is 32.0 Å². The van der Waals surface area contributed by atoms with Gasteiger partial charge in [-0.15, -0.1) is 0 Å². The first kappa shape index (κ1) is 12.9. The minimum Gasteiger partial charge on any atom is -0.482 e. The number of nitrogens with two attached hydrogens (primary N) is 1. The molecular weight excluding hydrogens is 230 g/mol. The number of aryl methyl sites for hydroxylation is 1. The van der Waals surface area contributed by atoms with Crippen molar-refractivity contribution in [3.63, 3.8) is 0 Å². The average molecular weight is 249 g/mol. The van der Waals surface area contributed by atoms with E-state index in [9.17, 15) is 4.79 Å². The first-order chi connectivity index (χ1) is 8.56. The van der Waals surface area contributed by atoms with E-state index in [1.54, 1.807) is 0 Å². The molecule has 98 valence electrons. The first-order valence-electron chi connectivity index (χ1n) is 6.27. The molecule has 1 aromatic rings. The molecule has 0 amide bonds. The normalized spacial score (nSPS) is 17.7. The lowest BCUT2D eigenvalue weighted by Crippen LogP contribution is -2.18. The molecule has 0 unspecified atom stereocenters. The van der Waals surface area contributed by atoms with Crippen LogP contribution in [0, 0.1) is 0 Å². The molecule has 2 rings (SSSR count). The number of rotatable bonds is 4. The molecule has 1 atom stereocenters. The zero-order valence-corrected chi connectivity index (χ0v) is 10.8. The number of hydrogen-bond donors (Lipinski definition) is 1. The van der Waals surface area contributed by atoms with Crippen molar-refractivity contribution in [3.8, 4) is 5.75 Å². The van der Waals surface area contributed by atoms with Crippen LogP contribution in [0.2, 0.25) is 0 Å². The van der Waals surface area contributed by atoms with Gasteiger partial charge in [0, 0.05) is 6.04 Å². The number of hydrogen-bond acceptors (Lipinski definition) is 4. The van der Waals surface area contributed by atoms with E-state index in [1.165, 1.54) is 11.1 Å². The number of fused-ring (bicyclic) bond motifs is 1. The molecule has 0 saturated carbocycles. The van der Waals surface area contributed by atoms with Gasteiger partial charge in [-0.3, -0.25) is 0 Å². The molecule has 1 aliphatic carbocycles. The number of carbonyl (C=O) groups excluding carboxylic acids is 1. The molecule has 18 heavy (non-hydrogen) atoms. The molecule has 0 bridgehead atoms. The molecule has 4 heteroatoms. The van der Waals surface area contributed by atoms with Gasteiger partial charge in [0.15, 0.2) is 6.61 Å². The molecule has 0 fully saturated rings. The van der Waals surface area contributed by atoms with Gasteiger partial charge in [-0.25, -0.2) is 4.79 Å². The van der Waals surface area contributed by atoms with Gasteiger partial charge in [-0.05, 0) is 49.9 Å². The quantitative estimate of drug-likeness (QED) is 0.829. The highest BCUT2D eigenvalue weighted by Crippen LogP contribution is 2.31. The van der Waals surface area contributed by atoms with E-state index in [0.29, 0.717) is 5.75 Å². The van der Waals surface area contributed by atoms with Crippen molar-refractivity contribution in [1.82, 2.24) is 0 Å². The molecule has 0 aromatic heterocycles. The van der Waals surface area contributed by atoms with Crippen LogP contribution in [0.15, 0.2) is 18.2 Å². The van der Waals surface area contributed by atoms with Gasteiger partial charge in [0.2, 0.25) is 0 Å². The fraction of sp³-hybridized carbons (Fsp3) is 0.500. The summed E-state index contributed by atoms with van der Waals surface area (Å²) in [5, 5.41) is 0. The Bertz CT molecular complexity index is 443. The highest BCUT2D eigenvalue weighted by Gasteiger charge is 2.19. The smallest absolute Gasteiger partial charge is 0.344 e. The summed E-state index contributed by atoms with van der Waals surface area (Å²) < 4.78 is 10.4. The molecule has 0 heterocycles. The summed E-state index contributed by atoms with van der Waals surface area (Å²) >= 11 is 0.